The lowest BCUT2D eigenvalue weighted by Gasteiger charge is -2.28. The SMILES string of the molecule is CNC(=O)NC(C)c1ccccc1-c1ccc(CN2C(=O)[C@H](NC(=O)C(C)(C)N)CCc3c2ccc2ccccc32)cc1. The highest BCUT2D eigenvalue weighted by molar-refractivity contribution is 6.04. The van der Waals surface area contributed by atoms with Crippen LogP contribution in [-0.4, -0.2) is 36.5 Å². The van der Waals surface area contributed by atoms with Gasteiger partial charge in [-0.15, -0.1) is 0 Å². The van der Waals surface area contributed by atoms with E-state index in [2.05, 4.69) is 28.1 Å². The van der Waals surface area contributed by atoms with E-state index in [1.54, 1.807) is 25.8 Å². The Bertz CT molecular complexity index is 1660. The second-order valence-electron chi connectivity index (χ2n) is 11.7. The van der Waals surface area contributed by atoms with E-state index in [-0.39, 0.29) is 23.9 Å². The first-order chi connectivity index (χ1) is 20.6. The van der Waals surface area contributed by atoms with Gasteiger partial charge in [-0.3, -0.25) is 9.59 Å². The third kappa shape index (κ3) is 6.39. The zero-order valence-corrected chi connectivity index (χ0v) is 25.1. The number of anilines is 1. The fourth-order valence-corrected chi connectivity index (χ4v) is 5.66. The average Bonchev–Trinajstić information content (AvgIpc) is 3.13. The van der Waals surface area contributed by atoms with Gasteiger partial charge in [0.15, 0.2) is 0 Å². The van der Waals surface area contributed by atoms with Gasteiger partial charge in [0.05, 0.1) is 18.1 Å². The second-order valence-corrected chi connectivity index (χ2v) is 11.7. The summed E-state index contributed by atoms with van der Waals surface area (Å²) in [6.07, 6.45) is 1.13. The molecule has 0 radical (unpaired) electrons. The molecule has 0 bridgehead atoms. The van der Waals surface area contributed by atoms with Crippen LogP contribution in [-0.2, 0) is 22.6 Å². The summed E-state index contributed by atoms with van der Waals surface area (Å²) in [7, 11) is 1.59. The smallest absolute Gasteiger partial charge is 0.315 e. The van der Waals surface area contributed by atoms with E-state index < -0.39 is 11.6 Å². The number of aryl methyl sites for hydroxylation is 1. The monoisotopic (exact) mass is 577 g/mol. The van der Waals surface area contributed by atoms with Crippen molar-refractivity contribution < 1.29 is 14.4 Å². The van der Waals surface area contributed by atoms with Crippen LogP contribution in [0.3, 0.4) is 0 Å². The molecule has 43 heavy (non-hydrogen) atoms. The molecule has 0 aliphatic carbocycles. The molecule has 4 aromatic rings. The number of rotatable bonds is 7. The van der Waals surface area contributed by atoms with E-state index in [4.69, 9.17) is 5.73 Å². The van der Waals surface area contributed by atoms with Crippen molar-refractivity contribution in [2.75, 3.05) is 11.9 Å². The van der Waals surface area contributed by atoms with Crippen LogP contribution in [0.1, 0.15) is 49.9 Å². The Morgan fingerprint density at radius 1 is 0.977 bits per heavy atom. The molecule has 8 heteroatoms. The van der Waals surface area contributed by atoms with Crippen molar-refractivity contribution in [2.45, 2.75) is 57.8 Å². The van der Waals surface area contributed by atoms with Crippen LogP contribution < -0.4 is 26.6 Å². The number of hydrogen-bond donors (Lipinski definition) is 4. The summed E-state index contributed by atoms with van der Waals surface area (Å²) < 4.78 is 0. The minimum absolute atomic E-state index is 0.157. The number of benzene rings is 4. The lowest BCUT2D eigenvalue weighted by atomic mass is 9.95. The molecule has 0 aromatic heterocycles. The van der Waals surface area contributed by atoms with Crippen LogP contribution in [0, 0.1) is 0 Å². The van der Waals surface area contributed by atoms with E-state index in [0.717, 1.165) is 44.3 Å². The molecule has 0 saturated heterocycles. The van der Waals surface area contributed by atoms with Gasteiger partial charge in [0.25, 0.3) is 0 Å². The van der Waals surface area contributed by atoms with Gasteiger partial charge in [-0.2, -0.15) is 0 Å². The molecule has 0 spiro atoms. The first-order valence-electron chi connectivity index (χ1n) is 14.6. The maximum atomic E-state index is 14.1. The summed E-state index contributed by atoms with van der Waals surface area (Å²) in [5, 5.41) is 10.7. The van der Waals surface area contributed by atoms with Crippen molar-refractivity contribution in [2.24, 2.45) is 5.73 Å². The van der Waals surface area contributed by atoms with Gasteiger partial charge >= 0.3 is 6.03 Å². The Labute approximate surface area is 252 Å². The van der Waals surface area contributed by atoms with Crippen LogP contribution in [0.5, 0.6) is 0 Å². The Morgan fingerprint density at radius 2 is 1.67 bits per heavy atom. The molecule has 1 unspecified atom stereocenters. The molecule has 1 aliphatic heterocycles. The predicted octanol–water partition coefficient (Wildman–Crippen LogP) is 5.20. The highest BCUT2D eigenvalue weighted by Crippen LogP contribution is 2.35. The number of amides is 4. The van der Waals surface area contributed by atoms with Crippen molar-refractivity contribution in [3.8, 4) is 11.1 Å². The molecule has 0 saturated carbocycles. The summed E-state index contributed by atoms with van der Waals surface area (Å²) in [6.45, 7) is 5.58. The van der Waals surface area contributed by atoms with E-state index in [1.807, 2.05) is 79.7 Å². The topological polar surface area (TPSA) is 117 Å². The first-order valence-corrected chi connectivity index (χ1v) is 14.6. The highest BCUT2D eigenvalue weighted by atomic mass is 16.2. The number of nitrogens with two attached hydrogens (primary N) is 1. The third-order valence-corrected chi connectivity index (χ3v) is 8.05. The number of hydrogen-bond acceptors (Lipinski definition) is 4. The van der Waals surface area contributed by atoms with Crippen LogP contribution in [0.4, 0.5) is 10.5 Å². The number of carbonyl (C=O) groups excluding carboxylic acids is 3. The standard InChI is InChI=1S/C35H39N5O3/c1-22(38-34(43)37-4)26-10-7-8-11-27(26)25-15-13-23(14-16-25)21-40-31-20-17-24-9-5-6-12-28(24)29(31)18-19-30(32(40)41)39-33(42)35(2,3)36/h5-17,20,22,30H,18-19,21,36H2,1-4H3,(H,39,42)(H2,37,38,43)/t22?,30-/m1/s1. The Kier molecular flexibility index (Phi) is 8.50. The van der Waals surface area contributed by atoms with Crippen molar-refractivity contribution in [1.82, 2.24) is 16.0 Å². The minimum Gasteiger partial charge on any atom is -0.343 e. The van der Waals surface area contributed by atoms with Gasteiger partial charge in [-0.1, -0.05) is 78.9 Å². The molecule has 222 valence electrons. The largest absolute Gasteiger partial charge is 0.343 e. The number of fused-ring (bicyclic) bond motifs is 3. The van der Waals surface area contributed by atoms with Crippen molar-refractivity contribution in [1.29, 1.82) is 0 Å². The van der Waals surface area contributed by atoms with Crippen LogP contribution in [0.25, 0.3) is 21.9 Å². The lowest BCUT2D eigenvalue weighted by Crippen LogP contribution is -2.56. The van der Waals surface area contributed by atoms with Crippen molar-refractivity contribution in [3.05, 3.63) is 102 Å². The Balaban J connectivity index is 1.47. The van der Waals surface area contributed by atoms with E-state index in [0.29, 0.717) is 19.4 Å². The molecule has 5 rings (SSSR count). The number of carbonyl (C=O) groups is 3. The van der Waals surface area contributed by atoms with Gasteiger partial charge < -0.3 is 26.6 Å². The van der Waals surface area contributed by atoms with Gasteiger partial charge in [0.1, 0.15) is 6.04 Å². The van der Waals surface area contributed by atoms with E-state index >= 15 is 0 Å². The Hall–Kier alpha value is -4.69. The minimum atomic E-state index is -1.10. The molecule has 0 fully saturated rings. The molecule has 4 amide bonds. The molecular formula is C35H39N5O3. The van der Waals surface area contributed by atoms with Crippen LogP contribution in [0.15, 0.2) is 84.9 Å². The van der Waals surface area contributed by atoms with Gasteiger partial charge in [0, 0.05) is 12.7 Å². The van der Waals surface area contributed by atoms with Crippen LogP contribution >= 0.6 is 0 Å². The summed E-state index contributed by atoms with van der Waals surface area (Å²) in [5.41, 5.74) is 10.9. The van der Waals surface area contributed by atoms with Crippen molar-refractivity contribution >= 4 is 34.3 Å². The zero-order chi connectivity index (χ0) is 30.7. The summed E-state index contributed by atoms with van der Waals surface area (Å²) in [5.74, 6) is -0.514. The lowest BCUT2D eigenvalue weighted by molar-refractivity contribution is -0.130. The van der Waals surface area contributed by atoms with Crippen LogP contribution in [0.2, 0.25) is 0 Å². The molecular weight excluding hydrogens is 538 g/mol. The van der Waals surface area contributed by atoms with E-state index in [9.17, 15) is 14.4 Å². The predicted molar refractivity (Wildman–Crippen MR) is 172 cm³/mol. The quantitative estimate of drug-likeness (QED) is 0.242. The number of urea groups is 1. The molecule has 4 aromatic carbocycles. The third-order valence-electron chi connectivity index (χ3n) is 8.05. The molecule has 1 aliphatic rings. The second kappa shape index (κ2) is 12.3. The fraction of sp³-hybridized carbons (Fsp3) is 0.286. The average molecular weight is 578 g/mol. The van der Waals surface area contributed by atoms with Crippen molar-refractivity contribution in [3.63, 3.8) is 0 Å². The maximum absolute atomic E-state index is 14.1. The van der Waals surface area contributed by atoms with Gasteiger partial charge in [0.2, 0.25) is 11.8 Å². The zero-order valence-electron chi connectivity index (χ0n) is 25.1. The Morgan fingerprint density at radius 3 is 2.40 bits per heavy atom. The normalized spacial score (nSPS) is 15.8. The molecule has 2 atom stereocenters. The van der Waals surface area contributed by atoms with Gasteiger partial charge in [-0.05, 0) is 78.3 Å². The summed E-state index contributed by atoms with van der Waals surface area (Å²) >= 11 is 0. The fourth-order valence-electron chi connectivity index (χ4n) is 5.66. The first kappa shape index (κ1) is 29.8. The highest BCUT2D eigenvalue weighted by Gasteiger charge is 2.34. The molecule has 8 nitrogen and oxygen atoms in total. The molecule has 1 heterocycles. The maximum Gasteiger partial charge on any atom is 0.315 e. The summed E-state index contributed by atoms with van der Waals surface area (Å²) in [4.78, 5) is 40.6. The number of nitrogens with one attached hydrogen (secondary N) is 3. The number of nitrogens with zero attached hydrogens (tertiary/aromatic N) is 1. The molecule has 5 N–H and O–H groups in total. The summed E-state index contributed by atoms with van der Waals surface area (Å²) in [6, 6.07) is 27.2. The van der Waals surface area contributed by atoms with Gasteiger partial charge in [-0.25, -0.2) is 4.79 Å². The van der Waals surface area contributed by atoms with E-state index in [1.165, 1.54) is 0 Å².